The highest BCUT2D eigenvalue weighted by Crippen LogP contribution is 2.22. The van der Waals surface area contributed by atoms with Crippen LogP contribution in [0.15, 0.2) is 53.2 Å². The number of aromatic nitrogens is 1. The third-order valence-electron chi connectivity index (χ3n) is 4.70. The molecule has 1 fully saturated rings. The molecular formula is C21H23N3O4. The van der Waals surface area contributed by atoms with E-state index in [1.165, 1.54) is 5.69 Å². The second kappa shape index (κ2) is 9.03. The van der Waals surface area contributed by atoms with Gasteiger partial charge in [-0.15, -0.1) is 0 Å². The van der Waals surface area contributed by atoms with Gasteiger partial charge in [0.25, 0.3) is 12.4 Å². The van der Waals surface area contributed by atoms with E-state index in [4.69, 9.17) is 14.3 Å². The molecule has 1 amide bonds. The molecule has 7 heteroatoms. The summed E-state index contributed by atoms with van der Waals surface area (Å²) in [6.45, 7) is 4.97. The summed E-state index contributed by atoms with van der Waals surface area (Å²) in [5.74, 6) is 0.958. The van der Waals surface area contributed by atoms with Gasteiger partial charge in [-0.05, 0) is 49.7 Å². The molecule has 1 N–H and O–H groups in total. The van der Waals surface area contributed by atoms with Crippen molar-refractivity contribution in [1.29, 1.82) is 0 Å². The molecule has 1 aliphatic rings. The predicted molar refractivity (Wildman–Crippen MR) is 107 cm³/mol. The summed E-state index contributed by atoms with van der Waals surface area (Å²) in [7, 11) is 0. The van der Waals surface area contributed by atoms with Crippen molar-refractivity contribution in [3.63, 3.8) is 0 Å². The molecular weight excluding hydrogens is 358 g/mol. The van der Waals surface area contributed by atoms with Crippen LogP contribution >= 0.6 is 0 Å². The molecule has 0 saturated carbocycles. The Hall–Kier alpha value is -3.35. The van der Waals surface area contributed by atoms with Crippen LogP contribution in [0.4, 0.5) is 5.69 Å². The average Bonchev–Trinajstić information content (AvgIpc) is 2.91. The number of benzene rings is 1. The number of anilines is 1. The SMILES string of the molecule is Cc1cc2cc(C(=O)N3CCCN(c4ccncc4)CC3)ccc2o1.O=CO. The number of pyridine rings is 1. The van der Waals surface area contributed by atoms with Crippen LogP contribution in [-0.4, -0.2) is 53.5 Å². The van der Waals surface area contributed by atoms with Gasteiger partial charge in [-0.1, -0.05) is 0 Å². The number of rotatable bonds is 2. The molecule has 0 aliphatic carbocycles. The monoisotopic (exact) mass is 381 g/mol. The second-order valence-corrected chi connectivity index (χ2v) is 6.55. The predicted octanol–water partition coefficient (Wildman–Crippen LogP) is 3.19. The normalized spacial score (nSPS) is 14.2. The van der Waals surface area contributed by atoms with E-state index in [9.17, 15) is 4.79 Å². The first-order valence-corrected chi connectivity index (χ1v) is 9.14. The summed E-state index contributed by atoms with van der Waals surface area (Å²) >= 11 is 0. The fourth-order valence-corrected chi connectivity index (χ4v) is 3.43. The van der Waals surface area contributed by atoms with Gasteiger partial charge >= 0.3 is 0 Å². The summed E-state index contributed by atoms with van der Waals surface area (Å²) in [4.78, 5) is 29.6. The zero-order valence-electron chi connectivity index (χ0n) is 15.7. The molecule has 28 heavy (non-hydrogen) atoms. The molecule has 7 nitrogen and oxygen atoms in total. The number of amides is 1. The molecule has 0 bridgehead atoms. The highest BCUT2D eigenvalue weighted by Gasteiger charge is 2.21. The second-order valence-electron chi connectivity index (χ2n) is 6.55. The van der Waals surface area contributed by atoms with Crippen LogP contribution in [0.2, 0.25) is 0 Å². The number of carboxylic acid groups (broad SMARTS) is 1. The third kappa shape index (κ3) is 4.49. The zero-order valence-corrected chi connectivity index (χ0v) is 15.7. The molecule has 1 saturated heterocycles. The van der Waals surface area contributed by atoms with Gasteiger partial charge in [0.2, 0.25) is 0 Å². The first kappa shape index (κ1) is 19.4. The van der Waals surface area contributed by atoms with Crippen molar-refractivity contribution in [3.8, 4) is 0 Å². The van der Waals surface area contributed by atoms with Crippen LogP contribution in [0.1, 0.15) is 22.5 Å². The van der Waals surface area contributed by atoms with Crippen molar-refractivity contribution in [2.45, 2.75) is 13.3 Å². The molecule has 0 radical (unpaired) electrons. The minimum atomic E-state index is -0.250. The molecule has 0 spiro atoms. The number of fused-ring (bicyclic) bond motifs is 1. The quantitative estimate of drug-likeness (QED) is 0.686. The number of hydrogen-bond donors (Lipinski definition) is 1. The maximum absolute atomic E-state index is 12.9. The Balaban J connectivity index is 0.000000706. The Morgan fingerprint density at radius 2 is 1.86 bits per heavy atom. The molecule has 3 heterocycles. The van der Waals surface area contributed by atoms with Crippen LogP contribution in [0.3, 0.4) is 0 Å². The lowest BCUT2D eigenvalue weighted by atomic mass is 10.1. The largest absolute Gasteiger partial charge is 0.483 e. The van der Waals surface area contributed by atoms with Gasteiger partial charge < -0.3 is 19.3 Å². The van der Waals surface area contributed by atoms with Crippen molar-refractivity contribution in [1.82, 2.24) is 9.88 Å². The zero-order chi connectivity index (χ0) is 19.9. The van der Waals surface area contributed by atoms with Crippen molar-refractivity contribution < 1.29 is 19.1 Å². The van der Waals surface area contributed by atoms with Gasteiger partial charge in [0.1, 0.15) is 11.3 Å². The summed E-state index contributed by atoms with van der Waals surface area (Å²) < 4.78 is 5.59. The minimum absolute atomic E-state index is 0.0948. The Morgan fingerprint density at radius 1 is 1.11 bits per heavy atom. The summed E-state index contributed by atoms with van der Waals surface area (Å²) in [6, 6.07) is 11.7. The fraction of sp³-hybridized carbons (Fsp3) is 0.286. The van der Waals surface area contributed by atoms with Gasteiger partial charge in [-0.2, -0.15) is 0 Å². The number of hydrogen-bond acceptors (Lipinski definition) is 5. The fourth-order valence-electron chi connectivity index (χ4n) is 3.43. The molecule has 1 aromatic carbocycles. The van der Waals surface area contributed by atoms with E-state index >= 15 is 0 Å². The first-order chi connectivity index (χ1) is 13.6. The van der Waals surface area contributed by atoms with Gasteiger partial charge in [0.15, 0.2) is 0 Å². The van der Waals surface area contributed by atoms with Gasteiger partial charge in [-0.25, -0.2) is 0 Å². The van der Waals surface area contributed by atoms with Crippen molar-refractivity contribution >= 4 is 29.0 Å². The van der Waals surface area contributed by atoms with E-state index in [-0.39, 0.29) is 12.4 Å². The summed E-state index contributed by atoms with van der Waals surface area (Å²) in [5, 5.41) is 7.87. The Bertz CT molecular complexity index is 939. The van der Waals surface area contributed by atoms with Gasteiger partial charge in [0, 0.05) is 55.2 Å². The van der Waals surface area contributed by atoms with E-state index in [0.29, 0.717) is 0 Å². The van der Waals surface area contributed by atoms with E-state index in [0.717, 1.165) is 54.9 Å². The lowest BCUT2D eigenvalue weighted by molar-refractivity contribution is -0.122. The van der Waals surface area contributed by atoms with E-state index in [1.54, 1.807) is 0 Å². The Morgan fingerprint density at radius 3 is 2.61 bits per heavy atom. The van der Waals surface area contributed by atoms with Crippen LogP contribution in [0, 0.1) is 6.92 Å². The highest BCUT2D eigenvalue weighted by atomic mass is 16.3. The highest BCUT2D eigenvalue weighted by molar-refractivity contribution is 5.97. The maximum Gasteiger partial charge on any atom is 0.290 e. The standard InChI is InChI=1S/C20H21N3O2.CH2O2/c1-15-13-17-14-16(3-4-19(17)25-15)20(24)23-10-2-9-22(11-12-23)18-5-7-21-8-6-18;2-1-3/h3-8,13-14H,2,9-12H2,1H3;1H,(H,2,3). The van der Waals surface area contributed by atoms with Crippen molar-refractivity contribution in [2.24, 2.45) is 0 Å². The lowest BCUT2D eigenvalue weighted by Gasteiger charge is -2.23. The molecule has 3 aromatic rings. The smallest absolute Gasteiger partial charge is 0.290 e. The van der Waals surface area contributed by atoms with Crippen LogP contribution in [-0.2, 0) is 4.79 Å². The molecule has 0 unspecified atom stereocenters. The van der Waals surface area contributed by atoms with Gasteiger partial charge in [0.05, 0.1) is 0 Å². The van der Waals surface area contributed by atoms with Crippen molar-refractivity contribution in [3.05, 3.63) is 60.1 Å². The summed E-state index contributed by atoms with van der Waals surface area (Å²) in [5.41, 5.74) is 2.72. The Kier molecular flexibility index (Phi) is 6.26. The van der Waals surface area contributed by atoms with Gasteiger partial charge in [-0.3, -0.25) is 14.6 Å². The third-order valence-corrected chi connectivity index (χ3v) is 4.70. The molecule has 4 rings (SSSR count). The van der Waals surface area contributed by atoms with E-state index in [2.05, 4.69) is 9.88 Å². The minimum Gasteiger partial charge on any atom is -0.483 e. The number of nitrogens with zero attached hydrogens (tertiary/aromatic N) is 3. The number of carbonyl (C=O) groups excluding carboxylic acids is 1. The van der Waals surface area contributed by atoms with Crippen LogP contribution < -0.4 is 4.90 Å². The topological polar surface area (TPSA) is 86.9 Å². The average molecular weight is 381 g/mol. The van der Waals surface area contributed by atoms with Crippen molar-refractivity contribution in [2.75, 3.05) is 31.1 Å². The van der Waals surface area contributed by atoms with E-state index in [1.807, 2.05) is 60.6 Å². The number of furan rings is 1. The molecule has 1 aliphatic heterocycles. The maximum atomic E-state index is 12.9. The number of carbonyl (C=O) groups is 2. The molecule has 2 aromatic heterocycles. The van der Waals surface area contributed by atoms with Crippen LogP contribution in [0.5, 0.6) is 0 Å². The van der Waals surface area contributed by atoms with Crippen LogP contribution in [0.25, 0.3) is 11.0 Å². The molecule has 146 valence electrons. The summed E-state index contributed by atoms with van der Waals surface area (Å²) in [6.07, 6.45) is 4.58. The molecule has 0 atom stereocenters. The number of aryl methyl sites for hydroxylation is 1. The first-order valence-electron chi connectivity index (χ1n) is 9.14. The van der Waals surface area contributed by atoms with E-state index < -0.39 is 0 Å². The lowest BCUT2D eigenvalue weighted by Crippen LogP contribution is -2.35. The Labute approximate surface area is 163 Å².